The van der Waals surface area contributed by atoms with Crippen LogP contribution in [0.3, 0.4) is 0 Å². The maximum atomic E-state index is 2.63. The highest BCUT2D eigenvalue weighted by Gasteiger charge is 2.31. The first-order valence-electron chi connectivity index (χ1n) is 5.17. The highest BCUT2D eigenvalue weighted by molar-refractivity contribution is 5.05. The lowest BCUT2D eigenvalue weighted by molar-refractivity contribution is 0.204. The SMILES string of the molecule is CC1=CCN(C(C)C2CC2)CC1. The summed E-state index contributed by atoms with van der Waals surface area (Å²) in [7, 11) is 0. The van der Waals surface area contributed by atoms with Gasteiger partial charge in [-0.1, -0.05) is 11.6 Å². The first-order chi connectivity index (χ1) is 5.77. The van der Waals surface area contributed by atoms with Crippen molar-refractivity contribution in [2.75, 3.05) is 13.1 Å². The van der Waals surface area contributed by atoms with E-state index in [0.29, 0.717) is 0 Å². The fourth-order valence-electron chi connectivity index (χ4n) is 2.03. The number of rotatable bonds is 2. The van der Waals surface area contributed by atoms with Gasteiger partial charge in [-0.25, -0.2) is 0 Å². The summed E-state index contributed by atoms with van der Waals surface area (Å²) in [6.45, 7) is 7.13. The molecule has 1 heteroatoms. The van der Waals surface area contributed by atoms with E-state index in [-0.39, 0.29) is 0 Å². The predicted octanol–water partition coefficient (Wildman–Crippen LogP) is 2.44. The molecule has 0 radical (unpaired) electrons. The Labute approximate surface area is 75.4 Å². The van der Waals surface area contributed by atoms with Gasteiger partial charge in [-0.2, -0.15) is 0 Å². The molecule has 1 aliphatic heterocycles. The normalized spacial score (nSPS) is 28.3. The lowest BCUT2D eigenvalue weighted by Crippen LogP contribution is -2.37. The molecule has 68 valence electrons. The lowest BCUT2D eigenvalue weighted by atomic mass is 10.1. The third-order valence-electron chi connectivity index (χ3n) is 3.35. The summed E-state index contributed by atoms with van der Waals surface area (Å²) in [5.74, 6) is 1.02. The van der Waals surface area contributed by atoms with Crippen molar-refractivity contribution in [1.29, 1.82) is 0 Å². The van der Waals surface area contributed by atoms with Crippen LogP contribution in [0.25, 0.3) is 0 Å². The molecule has 1 fully saturated rings. The van der Waals surface area contributed by atoms with Gasteiger partial charge in [-0.3, -0.25) is 4.90 Å². The van der Waals surface area contributed by atoms with Crippen LogP contribution in [0.2, 0.25) is 0 Å². The van der Waals surface area contributed by atoms with Crippen molar-refractivity contribution in [3.63, 3.8) is 0 Å². The molecule has 0 amide bonds. The molecule has 1 unspecified atom stereocenters. The third-order valence-corrected chi connectivity index (χ3v) is 3.35. The van der Waals surface area contributed by atoms with Crippen LogP contribution >= 0.6 is 0 Å². The Bertz CT molecular complexity index is 191. The zero-order valence-electron chi connectivity index (χ0n) is 8.21. The van der Waals surface area contributed by atoms with Gasteiger partial charge >= 0.3 is 0 Å². The van der Waals surface area contributed by atoms with Gasteiger partial charge < -0.3 is 0 Å². The van der Waals surface area contributed by atoms with E-state index in [1.54, 1.807) is 5.57 Å². The van der Waals surface area contributed by atoms with Crippen molar-refractivity contribution < 1.29 is 0 Å². The van der Waals surface area contributed by atoms with E-state index < -0.39 is 0 Å². The molecule has 1 saturated carbocycles. The van der Waals surface area contributed by atoms with Gasteiger partial charge in [0.25, 0.3) is 0 Å². The Morgan fingerprint density at radius 2 is 2.25 bits per heavy atom. The third kappa shape index (κ3) is 1.71. The Hall–Kier alpha value is -0.300. The zero-order chi connectivity index (χ0) is 8.55. The minimum absolute atomic E-state index is 0.842. The Balaban J connectivity index is 1.88. The number of hydrogen-bond donors (Lipinski definition) is 0. The van der Waals surface area contributed by atoms with Crippen molar-refractivity contribution in [2.24, 2.45) is 5.92 Å². The lowest BCUT2D eigenvalue weighted by Gasteiger charge is -2.31. The first kappa shape index (κ1) is 8.31. The molecule has 2 rings (SSSR count). The molecule has 0 aromatic rings. The quantitative estimate of drug-likeness (QED) is 0.568. The fraction of sp³-hybridized carbons (Fsp3) is 0.818. The maximum absolute atomic E-state index is 2.63. The van der Waals surface area contributed by atoms with Crippen molar-refractivity contribution in [1.82, 2.24) is 4.90 Å². The smallest absolute Gasteiger partial charge is 0.0168 e. The van der Waals surface area contributed by atoms with E-state index >= 15 is 0 Å². The summed E-state index contributed by atoms with van der Waals surface area (Å²) in [6, 6.07) is 0.842. The van der Waals surface area contributed by atoms with Crippen LogP contribution in [0.1, 0.15) is 33.1 Å². The molecule has 12 heavy (non-hydrogen) atoms. The Kier molecular flexibility index (Phi) is 2.22. The zero-order valence-corrected chi connectivity index (χ0v) is 8.21. The van der Waals surface area contributed by atoms with Crippen LogP contribution in [0.4, 0.5) is 0 Å². The van der Waals surface area contributed by atoms with E-state index in [2.05, 4.69) is 24.8 Å². The predicted molar refractivity (Wildman–Crippen MR) is 52.1 cm³/mol. The van der Waals surface area contributed by atoms with Gasteiger partial charge in [0.05, 0.1) is 0 Å². The van der Waals surface area contributed by atoms with Crippen molar-refractivity contribution in [2.45, 2.75) is 39.2 Å². The standard InChI is InChI=1S/C11H19N/c1-9-5-7-12(8-6-9)10(2)11-3-4-11/h5,10-11H,3-4,6-8H2,1-2H3. The second kappa shape index (κ2) is 3.21. The number of hydrogen-bond acceptors (Lipinski definition) is 1. The van der Waals surface area contributed by atoms with E-state index in [0.717, 1.165) is 12.0 Å². The van der Waals surface area contributed by atoms with Crippen LogP contribution < -0.4 is 0 Å². The van der Waals surface area contributed by atoms with Crippen LogP contribution in [-0.4, -0.2) is 24.0 Å². The fourth-order valence-corrected chi connectivity index (χ4v) is 2.03. The molecule has 2 aliphatic rings. The maximum Gasteiger partial charge on any atom is 0.0168 e. The summed E-state index contributed by atoms with van der Waals surface area (Å²) >= 11 is 0. The molecular weight excluding hydrogens is 146 g/mol. The molecule has 1 heterocycles. The van der Waals surface area contributed by atoms with Crippen molar-refractivity contribution >= 4 is 0 Å². The molecule has 0 N–H and O–H groups in total. The average molecular weight is 165 g/mol. The second-order valence-corrected chi connectivity index (χ2v) is 4.37. The molecule has 0 aromatic carbocycles. The van der Waals surface area contributed by atoms with Gasteiger partial charge in [0.1, 0.15) is 0 Å². The van der Waals surface area contributed by atoms with E-state index in [1.807, 2.05) is 0 Å². The molecule has 0 saturated heterocycles. The minimum Gasteiger partial charge on any atom is -0.296 e. The van der Waals surface area contributed by atoms with Crippen molar-refractivity contribution in [3.05, 3.63) is 11.6 Å². The van der Waals surface area contributed by atoms with E-state index in [9.17, 15) is 0 Å². The van der Waals surface area contributed by atoms with E-state index in [1.165, 1.54) is 32.4 Å². The monoisotopic (exact) mass is 165 g/mol. The van der Waals surface area contributed by atoms with Gasteiger partial charge in [-0.05, 0) is 39.0 Å². The number of nitrogens with zero attached hydrogens (tertiary/aromatic N) is 1. The molecule has 0 spiro atoms. The summed E-state index contributed by atoms with van der Waals surface area (Å²) in [5.41, 5.74) is 1.58. The minimum atomic E-state index is 0.842. The Morgan fingerprint density at radius 3 is 2.75 bits per heavy atom. The summed E-state index contributed by atoms with van der Waals surface area (Å²) in [5, 5.41) is 0. The first-order valence-corrected chi connectivity index (χ1v) is 5.17. The van der Waals surface area contributed by atoms with Crippen LogP contribution in [0, 0.1) is 5.92 Å². The molecule has 1 nitrogen and oxygen atoms in total. The topological polar surface area (TPSA) is 3.24 Å². The largest absolute Gasteiger partial charge is 0.296 e. The van der Waals surface area contributed by atoms with Gasteiger partial charge in [0.15, 0.2) is 0 Å². The Morgan fingerprint density at radius 1 is 1.50 bits per heavy atom. The highest BCUT2D eigenvalue weighted by Crippen LogP contribution is 2.35. The molecule has 0 bridgehead atoms. The van der Waals surface area contributed by atoms with Crippen LogP contribution in [0.5, 0.6) is 0 Å². The molecule has 1 aliphatic carbocycles. The summed E-state index contributed by atoms with van der Waals surface area (Å²) < 4.78 is 0. The van der Waals surface area contributed by atoms with Crippen LogP contribution in [0.15, 0.2) is 11.6 Å². The summed E-state index contributed by atoms with van der Waals surface area (Å²) in [4.78, 5) is 2.63. The summed E-state index contributed by atoms with van der Waals surface area (Å²) in [6.07, 6.45) is 6.63. The van der Waals surface area contributed by atoms with E-state index in [4.69, 9.17) is 0 Å². The average Bonchev–Trinajstić information content (AvgIpc) is 2.87. The van der Waals surface area contributed by atoms with Crippen molar-refractivity contribution in [3.8, 4) is 0 Å². The second-order valence-electron chi connectivity index (χ2n) is 4.37. The molecular formula is C11H19N. The molecule has 1 atom stereocenters. The highest BCUT2D eigenvalue weighted by atomic mass is 15.2. The van der Waals surface area contributed by atoms with Crippen LogP contribution in [-0.2, 0) is 0 Å². The van der Waals surface area contributed by atoms with Gasteiger partial charge in [-0.15, -0.1) is 0 Å². The molecule has 0 aromatic heterocycles. The van der Waals surface area contributed by atoms with Gasteiger partial charge in [0, 0.05) is 19.1 Å². The van der Waals surface area contributed by atoms with Gasteiger partial charge in [0.2, 0.25) is 0 Å².